The predicted octanol–water partition coefficient (Wildman–Crippen LogP) is 5.57. The largest absolute Gasteiger partial charge is 0.507 e. The molecule has 0 bridgehead atoms. The summed E-state index contributed by atoms with van der Waals surface area (Å²) in [6.07, 6.45) is 1.75. The van der Waals surface area contributed by atoms with Gasteiger partial charge in [-0.15, -0.1) is 0 Å². The first-order valence-corrected chi connectivity index (χ1v) is 9.29. The zero-order chi connectivity index (χ0) is 20.8. The first-order valence-electron chi connectivity index (χ1n) is 9.29. The fraction of sp³-hybridized carbons (Fsp3) is 0.250. The number of aliphatic hydroxyl groups is 2. The molecule has 0 aromatic heterocycles. The molecule has 0 amide bonds. The van der Waals surface area contributed by atoms with Crippen LogP contribution in [0.4, 0.5) is 0 Å². The molecular formula is C24H26O4. The Bertz CT molecular complexity index is 821. The molecule has 0 radical (unpaired) electrons. The third-order valence-electron chi connectivity index (χ3n) is 4.52. The number of hydrogen-bond donors (Lipinski definition) is 2. The Morgan fingerprint density at radius 3 is 1.18 bits per heavy atom. The van der Waals surface area contributed by atoms with Gasteiger partial charge in [0.25, 0.3) is 0 Å². The number of carbonyl (C=O) groups is 2. The third kappa shape index (κ3) is 5.43. The maximum absolute atomic E-state index is 12.1. The Balaban J connectivity index is 2.13. The van der Waals surface area contributed by atoms with E-state index in [1.54, 1.807) is 24.3 Å². The van der Waals surface area contributed by atoms with Crippen LogP contribution in [0.25, 0.3) is 11.5 Å². The molecule has 4 nitrogen and oxygen atoms in total. The van der Waals surface area contributed by atoms with Crippen LogP contribution in [0.2, 0.25) is 0 Å². The molecule has 0 heterocycles. The molecule has 0 saturated carbocycles. The molecule has 2 N–H and O–H groups in total. The van der Waals surface area contributed by atoms with Crippen LogP contribution in [0, 0.1) is 0 Å². The Morgan fingerprint density at radius 1 is 0.643 bits per heavy atom. The maximum Gasteiger partial charge on any atom is 0.229 e. The second kappa shape index (κ2) is 9.18. The average molecular weight is 378 g/mol. The van der Waals surface area contributed by atoms with E-state index in [9.17, 15) is 19.8 Å². The van der Waals surface area contributed by atoms with E-state index in [1.165, 1.54) is 0 Å². The average Bonchev–Trinajstić information content (AvgIpc) is 2.67. The Kier molecular flexibility index (Phi) is 6.94. The van der Waals surface area contributed by atoms with E-state index >= 15 is 0 Å². The standard InChI is InChI=1S/C24H26O4/c1-15(2)17-5-9-19(10-6-17)21(25)13-23(27)24(28)14-22(26)20-11-7-18(8-12-20)16(3)4/h5-16,25-26H,1-4H3/b21-13+,22-14+. The Morgan fingerprint density at radius 2 is 0.929 bits per heavy atom. The maximum atomic E-state index is 12.1. The molecule has 0 fully saturated rings. The number of carbonyl (C=O) groups excluding carboxylic acids is 2. The van der Waals surface area contributed by atoms with Crippen LogP contribution in [-0.4, -0.2) is 21.8 Å². The van der Waals surface area contributed by atoms with Gasteiger partial charge in [0, 0.05) is 23.3 Å². The van der Waals surface area contributed by atoms with Crippen molar-refractivity contribution in [3.05, 3.63) is 82.9 Å². The van der Waals surface area contributed by atoms with Gasteiger partial charge in [-0.05, 0) is 23.0 Å². The van der Waals surface area contributed by atoms with Crippen molar-refractivity contribution in [1.29, 1.82) is 0 Å². The Hall–Kier alpha value is -3.14. The quantitative estimate of drug-likeness (QED) is 0.375. The lowest BCUT2D eigenvalue weighted by Crippen LogP contribution is -2.09. The Labute approximate surface area is 165 Å². The highest BCUT2D eigenvalue weighted by Crippen LogP contribution is 2.19. The zero-order valence-electron chi connectivity index (χ0n) is 16.6. The number of aliphatic hydroxyl groups excluding tert-OH is 2. The lowest BCUT2D eigenvalue weighted by Gasteiger charge is -2.06. The minimum atomic E-state index is -0.907. The van der Waals surface area contributed by atoms with Gasteiger partial charge >= 0.3 is 0 Å². The summed E-state index contributed by atoms with van der Waals surface area (Å²) in [6.45, 7) is 8.23. The van der Waals surface area contributed by atoms with Crippen LogP contribution >= 0.6 is 0 Å². The molecule has 0 unspecified atom stereocenters. The van der Waals surface area contributed by atoms with Crippen LogP contribution in [0.15, 0.2) is 60.7 Å². The van der Waals surface area contributed by atoms with Crippen molar-refractivity contribution < 1.29 is 19.8 Å². The molecule has 0 atom stereocenters. The van der Waals surface area contributed by atoms with Crippen molar-refractivity contribution in [3.63, 3.8) is 0 Å². The van der Waals surface area contributed by atoms with Crippen LogP contribution in [0.5, 0.6) is 0 Å². The number of ketones is 2. The molecule has 0 aliphatic rings. The van der Waals surface area contributed by atoms with E-state index in [-0.39, 0.29) is 11.5 Å². The fourth-order valence-electron chi connectivity index (χ4n) is 2.63. The van der Waals surface area contributed by atoms with E-state index in [2.05, 4.69) is 27.7 Å². The van der Waals surface area contributed by atoms with Crippen molar-refractivity contribution in [2.45, 2.75) is 39.5 Å². The van der Waals surface area contributed by atoms with Crippen LogP contribution in [-0.2, 0) is 9.59 Å². The van der Waals surface area contributed by atoms with Gasteiger partial charge in [-0.25, -0.2) is 0 Å². The van der Waals surface area contributed by atoms with Crippen LogP contribution < -0.4 is 0 Å². The second-order valence-corrected chi connectivity index (χ2v) is 7.34. The summed E-state index contributed by atoms with van der Waals surface area (Å²) in [5, 5.41) is 20.2. The summed E-state index contributed by atoms with van der Waals surface area (Å²) in [5.74, 6) is -1.69. The number of rotatable bonds is 7. The van der Waals surface area contributed by atoms with Crippen molar-refractivity contribution in [1.82, 2.24) is 0 Å². The summed E-state index contributed by atoms with van der Waals surface area (Å²) < 4.78 is 0. The smallest absolute Gasteiger partial charge is 0.229 e. The minimum Gasteiger partial charge on any atom is -0.507 e. The number of hydrogen-bond acceptors (Lipinski definition) is 4. The monoisotopic (exact) mass is 378 g/mol. The summed E-state index contributed by atoms with van der Waals surface area (Å²) in [6, 6.07) is 14.2. The van der Waals surface area contributed by atoms with Gasteiger partial charge in [-0.3, -0.25) is 9.59 Å². The molecule has 146 valence electrons. The molecule has 0 aliphatic carbocycles. The SMILES string of the molecule is CC(C)c1ccc(/C(O)=C\C(=O)C(=O)/C=C(/O)c2ccc(C(C)C)cc2)cc1. The van der Waals surface area contributed by atoms with Gasteiger partial charge in [0.15, 0.2) is 0 Å². The number of allylic oxidation sites excluding steroid dienone is 2. The van der Waals surface area contributed by atoms with E-state index in [0.717, 1.165) is 23.3 Å². The third-order valence-corrected chi connectivity index (χ3v) is 4.52. The molecule has 2 aromatic rings. The molecule has 0 saturated heterocycles. The zero-order valence-corrected chi connectivity index (χ0v) is 16.6. The van der Waals surface area contributed by atoms with Gasteiger partial charge in [-0.1, -0.05) is 76.2 Å². The van der Waals surface area contributed by atoms with E-state index in [1.807, 2.05) is 24.3 Å². The highest BCUT2D eigenvalue weighted by molar-refractivity contribution is 6.47. The summed E-state index contributed by atoms with van der Waals surface area (Å²) in [5.41, 5.74) is 3.11. The topological polar surface area (TPSA) is 74.6 Å². The molecule has 2 rings (SSSR count). The molecule has 0 spiro atoms. The first-order chi connectivity index (χ1) is 13.2. The predicted molar refractivity (Wildman–Crippen MR) is 112 cm³/mol. The molecule has 0 aliphatic heterocycles. The highest BCUT2D eigenvalue weighted by Gasteiger charge is 2.13. The summed E-state index contributed by atoms with van der Waals surface area (Å²) in [4.78, 5) is 24.1. The normalized spacial score (nSPS) is 12.5. The molecule has 4 heteroatoms. The van der Waals surface area contributed by atoms with Crippen molar-refractivity contribution in [2.75, 3.05) is 0 Å². The minimum absolute atomic E-state index is 0.289. The van der Waals surface area contributed by atoms with E-state index < -0.39 is 11.6 Å². The van der Waals surface area contributed by atoms with Gasteiger partial charge in [0.2, 0.25) is 11.6 Å². The van der Waals surface area contributed by atoms with Gasteiger partial charge in [0.1, 0.15) is 11.5 Å². The fourth-order valence-corrected chi connectivity index (χ4v) is 2.63. The lowest BCUT2D eigenvalue weighted by atomic mass is 10.0. The van der Waals surface area contributed by atoms with Crippen molar-refractivity contribution in [2.24, 2.45) is 0 Å². The number of benzene rings is 2. The molecular weight excluding hydrogens is 352 g/mol. The lowest BCUT2D eigenvalue weighted by molar-refractivity contribution is -0.130. The first kappa shape index (κ1) is 21.2. The second-order valence-electron chi connectivity index (χ2n) is 7.34. The van der Waals surface area contributed by atoms with Crippen LogP contribution in [0.3, 0.4) is 0 Å². The van der Waals surface area contributed by atoms with Gasteiger partial charge in [-0.2, -0.15) is 0 Å². The van der Waals surface area contributed by atoms with Gasteiger partial charge < -0.3 is 10.2 Å². The molecule has 28 heavy (non-hydrogen) atoms. The van der Waals surface area contributed by atoms with E-state index in [0.29, 0.717) is 23.0 Å². The van der Waals surface area contributed by atoms with Gasteiger partial charge in [0.05, 0.1) is 0 Å². The molecule has 2 aromatic carbocycles. The van der Waals surface area contributed by atoms with Crippen molar-refractivity contribution >= 4 is 23.1 Å². The van der Waals surface area contributed by atoms with Crippen LogP contribution in [0.1, 0.15) is 61.8 Å². The summed E-state index contributed by atoms with van der Waals surface area (Å²) >= 11 is 0. The van der Waals surface area contributed by atoms with Crippen molar-refractivity contribution in [3.8, 4) is 0 Å². The highest BCUT2D eigenvalue weighted by atomic mass is 16.3. The van der Waals surface area contributed by atoms with E-state index in [4.69, 9.17) is 0 Å². The summed E-state index contributed by atoms with van der Waals surface area (Å²) in [7, 11) is 0.